The average Bonchev–Trinajstić information content (AvgIpc) is 2.51. The van der Waals surface area contributed by atoms with Crippen LogP contribution in [0.3, 0.4) is 0 Å². The maximum absolute atomic E-state index is 2.36. The van der Waals surface area contributed by atoms with E-state index in [1.807, 2.05) is 11.3 Å². The fourth-order valence-electron chi connectivity index (χ4n) is 2.34. The molecule has 0 aromatic carbocycles. The van der Waals surface area contributed by atoms with E-state index in [2.05, 4.69) is 38.9 Å². The van der Waals surface area contributed by atoms with E-state index in [0.717, 1.165) is 12.0 Å². The molecule has 2 rings (SSSR count). The van der Waals surface area contributed by atoms with Crippen LogP contribution in [-0.2, 0) is 6.42 Å². The Balaban J connectivity index is 2.29. The van der Waals surface area contributed by atoms with Crippen molar-refractivity contribution in [1.82, 2.24) is 4.90 Å². The van der Waals surface area contributed by atoms with Gasteiger partial charge in [0.25, 0.3) is 0 Å². The summed E-state index contributed by atoms with van der Waals surface area (Å²) in [6, 6.07) is 3.09. The van der Waals surface area contributed by atoms with Gasteiger partial charge in [-0.05, 0) is 39.1 Å². The molecule has 72 valence electrons. The molecule has 13 heavy (non-hydrogen) atoms. The van der Waals surface area contributed by atoms with Gasteiger partial charge in [0.15, 0.2) is 0 Å². The van der Waals surface area contributed by atoms with Crippen molar-refractivity contribution in [2.75, 3.05) is 14.1 Å². The van der Waals surface area contributed by atoms with Crippen molar-refractivity contribution < 1.29 is 0 Å². The van der Waals surface area contributed by atoms with Crippen LogP contribution in [0.4, 0.5) is 0 Å². The standard InChI is InChI=1S/C11H17NS/c1-7-5-9-6-10(12(3)4)8(2)11(9)13-7/h5,8,10H,6H2,1-4H3/t8-,10-/m1/s1. The summed E-state index contributed by atoms with van der Waals surface area (Å²) in [5.41, 5.74) is 1.59. The van der Waals surface area contributed by atoms with Gasteiger partial charge >= 0.3 is 0 Å². The highest BCUT2D eigenvalue weighted by Crippen LogP contribution is 2.40. The molecule has 0 spiro atoms. The second-order valence-electron chi connectivity index (χ2n) is 4.27. The lowest BCUT2D eigenvalue weighted by Crippen LogP contribution is -2.30. The highest BCUT2D eigenvalue weighted by Gasteiger charge is 2.31. The third-order valence-electron chi connectivity index (χ3n) is 3.05. The number of rotatable bonds is 1. The Morgan fingerprint density at radius 3 is 2.69 bits per heavy atom. The fourth-order valence-corrected chi connectivity index (χ4v) is 3.50. The number of thiophene rings is 1. The van der Waals surface area contributed by atoms with Crippen LogP contribution in [0, 0.1) is 6.92 Å². The van der Waals surface area contributed by atoms with Crippen molar-refractivity contribution in [3.8, 4) is 0 Å². The van der Waals surface area contributed by atoms with Crippen LogP contribution < -0.4 is 0 Å². The fraction of sp³-hybridized carbons (Fsp3) is 0.636. The predicted octanol–water partition coefficient (Wildman–Crippen LogP) is 2.65. The molecule has 0 bridgehead atoms. The van der Waals surface area contributed by atoms with E-state index in [1.54, 1.807) is 10.4 Å². The van der Waals surface area contributed by atoms with Crippen molar-refractivity contribution in [2.45, 2.75) is 32.2 Å². The van der Waals surface area contributed by atoms with E-state index in [9.17, 15) is 0 Å². The summed E-state index contributed by atoms with van der Waals surface area (Å²) in [5.74, 6) is 0.726. The molecule has 1 aromatic rings. The molecule has 1 nitrogen and oxygen atoms in total. The number of aryl methyl sites for hydroxylation is 1. The predicted molar refractivity (Wildman–Crippen MR) is 58.7 cm³/mol. The Morgan fingerprint density at radius 2 is 2.15 bits per heavy atom. The van der Waals surface area contributed by atoms with Gasteiger partial charge in [-0.25, -0.2) is 0 Å². The topological polar surface area (TPSA) is 3.24 Å². The van der Waals surface area contributed by atoms with Gasteiger partial charge in [-0.15, -0.1) is 11.3 Å². The van der Waals surface area contributed by atoms with Crippen molar-refractivity contribution in [3.05, 3.63) is 21.4 Å². The highest BCUT2D eigenvalue weighted by molar-refractivity contribution is 7.12. The minimum atomic E-state index is 0.724. The van der Waals surface area contributed by atoms with Crippen molar-refractivity contribution >= 4 is 11.3 Å². The van der Waals surface area contributed by atoms with E-state index in [-0.39, 0.29) is 0 Å². The number of hydrogen-bond donors (Lipinski definition) is 0. The van der Waals surface area contributed by atoms with Crippen LogP contribution in [0.1, 0.15) is 28.2 Å². The van der Waals surface area contributed by atoms with Gasteiger partial charge in [0.1, 0.15) is 0 Å². The molecule has 0 fully saturated rings. The van der Waals surface area contributed by atoms with Crippen LogP contribution in [0.15, 0.2) is 6.07 Å². The molecule has 1 aliphatic carbocycles. The summed E-state index contributed by atoms with van der Waals surface area (Å²) in [4.78, 5) is 5.44. The molecule has 0 saturated heterocycles. The number of likely N-dealkylation sites (N-methyl/N-ethyl adjacent to an activating group) is 1. The second kappa shape index (κ2) is 3.10. The number of fused-ring (bicyclic) bond motifs is 1. The molecule has 2 heteroatoms. The maximum Gasteiger partial charge on any atom is 0.0204 e. The molecule has 0 N–H and O–H groups in total. The minimum absolute atomic E-state index is 0.724. The summed E-state index contributed by atoms with van der Waals surface area (Å²) >= 11 is 1.98. The van der Waals surface area contributed by atoms with Gasteiger partial charge in [-0.3, -0.25) is 0 Å². The molecule has 0 unspecified atom stereocenters. The second-order valence-corrected chi connectivity index (χ2v) is 5.56. The molecule has 0 amide bonds. The van der Waals surface area contributed by atoms with Crippen LogP contribution in [-0.4, -0.2) is 25.0 Å². The molecule has 0 saturated carbocycles. The molecular formula is C11H17NS. The van der Waals surface area contributed by atoms with Crippen molar-refractivity contribution in [1.29, 1.82) is 0 Å². The molecular weight excluding hydrogens is 178 g/mol. The number of nitrogens with zero attached hydrogens (tertiary/aromatic N) is 1. The maximum atomic E-state index is 2.36. The van der Waals surface area contributed by atoms with Crippen molar-refractivity contribution in [3.63, 3.8) is 0 Å². The zero-order chi connectivity index (χ0) is 9.59. The molecule has 1 aromatic heterocycles. The number of hydrogen-bond acceptors (Lipinski definition) is 2. The highest BCUT2D eigenvalue weighted by atomic mass is 32.1. The Bertz CT molecular complexity index is 314. The van der Waals surface area contributed by atoms with Crippen LogP contribution in [0.2, 0.25) is 0 Å². The molecule has 2 atom stereocenters. The van der Waals surface area contributed by atoms with Gasteiger partial charge in [0.2, 0.25) is 0 Å². The van der Waals surface area contributed by atoms with Gasteiger partial charge in [-0.1, -0.05) is 6.92 Å². The van der Waals surface area contributed by atoms with Gasteiger partial charge in [-0.2, -0.15) is 0 Å². The van der Waals surface area contributed by atoms with Crippen molar-refractivity contribution in [2.24, 2.45) is 0 Å². The summed E-state index contributed by atoms with van der Waals surface area (Å²) in [5, 5.41) is 0. The largest absolute Gasteiger partial charge is 0.305 e. The zero-order valence-electron chi connectivity index (χ0n) is 8.79. The lowest BCUT2D eigenvalue weighted by Gasteiger charge is -2.23. The minimum Gasteiger partial charge on any atom is -0.305 e. The van der Waals surface area contributed by atoms with Crippen LogP contribution in [0.25, 0.3) is 0 Å². The lowest BCUT2D eigenvalue weighted by atomic mass is 10.1. The molecule has 1 aliphatic rings. The van der Waals surface area contributed by atoms with E-state index >= 15 is 0 Å². The first-order valence-corrected chi connectivity index (χ1v) is 5.67. The Labute approximate surface area is 84.4 Å². The third-order valence-corrected chi connectivity index (χ3v) is 4.34. The summed E-state index contributed by atoms with van der Waals surface area (Å²) < 4.78 is 0. The normalized spacial score (nSPS) is 26.8. The summed E-state index contributed by atoms with van der Waals surface area (Å²) in [6.07, 6.45) is 1.24. The van der Waals surface area contributed by atoms with E-state index < -0.39 is 0 Å². The first-order chi connectivity index (χ1) is 6.09. The monoisotopic (exact) mass is 195 g/mol. The third kappa shape index (κ3) is 1.42. The van der Waals surface area contributed by atoms with Crippen LogP contribution in [0.5, 0.6) is 0 Å². The molecule has 0 radical (unpaired) electrons. The molecule has 1 heterocycles. The molecule has 0 aliphatic heterocycles. The van der Waals surface area contributed by atoms with Gasteiger partial charge in [0, 0.05) is 21.7 Å². The quantitative estimate of drug-likeness (QED) is 0.666. The van der Waals surface area contributed by atoms with Gasteiger partial charge in [0.05, 0.1) is 0 Å². The van der Waals surface area contributed by atoms with E-state index in [0.29, 0.717) is 0 Å². The van der Waals surface area contributed by atoms with Crippen LogP contribution >= 0.6 is 11.3 Å². The lowest BCUT2D eigenvalue weighted by molar-refractivity contribution is 0.275. The average molecular weight is 195 g/mol. The Hall–Kier alpha value is -0.340. The Morgan fingerprint density at radius 1 is 1.46 bits per heavy atom. The summed E-state index contributed by atoms with van der Waals surface area (Å²) in [7, 11) is 4.37. The zero-order valence-corrected chi connectivity index (χ0v) is 9.61. The summed E-state index contributed by atoms with van der Waals surface area (Å²) in [6.45, 7) is 4.56. The smallest absolute Gasteiger partial charge is 0.0204 e. The van der Waals surface area contributed by atoms with E-state index in [4.69, 9.17) is 0 Å². The SMILES string of the molecule is Cc1cc2c(s1)[C@H](C)[C@H](N(C)C)C2. The first-order valence-electron chi connectivity index (χ1n) is 4.85. The first kappa shape index (κ1) is 9.22. The Kier molecular flexibility index (Phi) is 2.20. The van der Waals surface area contributed by atoms with Gasteiger partial charge < -0.3 is 4.90 Å². The van der Waals surface area contributed by atoms with E-state index in [1.165, 1.54) is 11.3 Å².